The molecule has 0 amide bonds. The maximum absolute atomic E-state index is 13.5. The first-order chi connectivity index (χ1) is 9.18. The average Bonchev–Trinajstić information content (AvgIpc) is 2.37. The van der Waals surface area contributed by atoms with E-state index in [1.54, 1.807) is 0 Å². The van der Waals surface area contributed by atoms with E-state index in [1.165, 1.54) is 13.0 Å². The molecule has 1 aromatic rings. The van der Waals surface area contributed by atoms with Crippen molar-refractivity contribution in [2.75, 3.05) is 18.8 Å². The van der Waals surface area contributed by atoms with Gasteiger partial charge in [-0.2, -0.15) is 0 Å². The Kier molecular flexibility index (Phi) is 6.07. The number of hydrogen-bond acceptors (Lipinski definition) is 4. The van der Waals surface area contributed by atoms with Gasteiger partial charge in [0.2, 0.25) is 20.0 Å². The topological polar surface area (TPSA) is 92.3 Å². The smallest absolute Gasteiger partial charge is 0.214 e. The first-order valence-corrected chi connectivity index (χ1v) is 9.53. The molecule has 20 heavy (non-hydrogen) atoms. The molecule has 0 saturated heterocycles. The van der Waals surface area contributed by atoms with E-state index in [0.717, 1.165) is 12.1 Å². The van der Waals surface area contributed by atoms with E-state index >= 15 is 0 Å². The van der Waals surface area contributed by atoms with Gasteiger partial charge in [0.1, 0.15) is 10.7 Å². The molecule has 0 unspecified atom stereocenters. The van der Waals surface area contributed by atoms with Crippen LogP contribution in [-0.2, 0) is 20.0 Å². The van der Waals surface area contributed by atoms with E-state index in [2.05, 4.69) is 25.4 Å². The number of rotatable bonds is 7. The maximum Gasteiger partial charge on any atom is 0.243 e. The minimum atomic E-state index is -4.03. The van der Waals surface area contributed by atoms with Gasteiger partial charge in [0, 0.05) is 17.6 Å². The molecular formula is C10H14BrFN2O4S2. The molecule has 1 aromatic carbocycles. The summed E-state index contributed by atoms with van der Waals surface area (Å²) in [6, 6.07) is 3.54. The second-order valence-corrected chi connectivity index (χ2v) is 8.52. The standard InChI is InChI=1S/C10H14BrFN2O4S2/c1-2-19(15,16)13-5-6-14-20(17,18)10-7-8(11)3-4-9(10)12/h3-4,7,13-14H,2,5-6H2,1H3. The van der Waals surface area contributed by atoms with Gasteiger partial charge >= 0.3 is 0 Å². The van der Waals surface area contributed by atoms with Crippen LogP contribution in [-0.4, -0.2) is 35.7 Å². The highest BCUT2D eigenvalue weighted by Crippen LogP contribution is 2.19. The maximum atomic E-state index is 13.5. The van der Waals surface area contributed by atoms with Gasteiger partial charge in [-0.3, -0.25) is 0 Å². The van der Waals surface area contributed by atoms with Crippen molar-refractivity contribution in [2.45, 2.75) is 11.8 Å². The van der Waals surface area contributed by atoms with Gasteiger partial charge < -0.3 is 0 Å². The number of benzene rings is 1. The Bertz CT molecular complexity index is 676. The van der Waals surface area contributed by atoms with Gasteiger partial charge in [-0.1, -0.05) is 15.9 Å². The third kappa shape index (κ3) is 5.09. The van der Waals surface area contributed by atoms with Crippen LogP contribution in [0.25, 0.3) is 0 Å². The first kappa shape index (κ1) is 17.5. The van der Waals surface area contributed by atoms with Crippen molar-refractivity contribution in [1.29, 1.82) is 0 Å². The summed E-state index contributed by atoms with van der Waals surface area (Å²) in [5.74, 6) is -0.977. The van der Waals surface area contributed by atoms with Crippen LogP contribution >= 0.6 is 15.9 Å². The van der Waals surface area contributed by atoms with E-state index in [9.17, 15) is 21.2 Å². The van der Waals surface area contributed by atoms with E-state index in [4.69, 9.17) is 0 Å². The summed E-state index contributed by atoms with van der Waals surface area (Å²) >= 11 is 3.06. The van der Waals surface area contributed by atoms with Gasteiger partial charge in [-0.15, -0.1) is 0 Å². The minimum absolute atomic E-state index is 0.0972. The van der Waals surface area contributed by atoms with Crippen LogP contribution in [0, 0.1) is 5.82 Å². The van der Waals surface area contributed by atoms with Crippen LogP contribution in [0.5, 0.6) is 0 Å². The lowest BCUT2D eigenvalue weighted by Crippen LogP contribution is -2.35. The molecule has 10 heteroatoms. The summed E-state index contributed by atoms with van der Waals surface area (Å²) in [4.78, 5) is -0.495. The fraction of sp³-hybridized carbons (Fsp3) is 0.400. The van der Waals surface area contributed by atoms with Crippen molar-refractivity contribution in [3.8, 4) is 0 Å². The van der Waals surface area contributed by atoms with Gasteiger partial charge in [0.15, 0.2) is 0 Å². The van der Waals surface area contributed by atoms with Crippen molar-refractivity contribution >= 4 is 36.0 Å². The summed E-state index contributed by atoms with van der Waals surface area (Å²) in [5, 5.41) is 0. The molecule has 114 valence electrons. The predicted molar refractivity (Wildman–Crippen MR) is 76.8 cm³/mol. The Balaban J connectivity index is 2.70. The molecule has 0 fully saturated rings. The molecule has 2 N–H and O–H groups in total. The van der Waals surface area contributed by atoms with Crippen LogP contribution in [0.4, 0.5) is 4.39 Å². The zero-order valence-electron chi connectivity index (χ0n) is 10.6. The Morgan fingerprint density at radius 1 is 1.15 bits per heavy atom. The Morgan fingerprint density at radius 2 is 1.75 bits per heavy atom. The van der Waals surface area contributed by atoms with Crippen LogP contribution in [0.1, 0.15) is 6.92 Å². The predicted octanol–water partition coefficient (Wildman–Crippen LogP) is 0.806. The fourth-order valence-electron chi connectivity index (χ4n) is 1.25. The Morgan fingerprint density at radius 3 is 2.35 bits per heavy atom. The Labute approximate surface area is 126 Å². The highest BCUT2D eigenvalue weighted by molar-refractivity contribution is 9.10. The quantitative estimate of drug-likeness (QED) is 0.675. The summed E-state index contributed by atoms with van der Waals surface area (Å²) in [6.07, 6.45) is 0. The highest BCUT2D eigenvalue weighted by atomic mass is 79.9. The first-order valence-electron chi connectivity index (χ1n) is 5.60. The number of hydrogen-bond donors (Lipinski definition) is 2. The van der Waals surface area contributed by atoms with Crippen molar-refractivity contribution in [3.05, 3.63) is 28.5 Å². The van der Waals surface area contributed by atoms with Crippen molar-refractivity contribution in [3.63, 3.8) is 0 Å². The molecule has 0 aliphatic heterocycles. The SMILES string of the molecule is CCS(=O)(=O)NCCNS(=O)(=O)c1cc(Br)ccc1F. The van der Waals surface area contributed by atoms with Crippen molar-refractivity contribution in [2.24, 2.45) is 0 Å². The average molecular weight is 389 g/mol. The van der Waals surface area contributed by atoms with E-state index in [1.807, 2.05) is 0 Å². The molecule has 0 aliphatic rings. The monoisotopic (exact) mass is 388 g/mol. The summed E-state index contributed by atoms with van der Waals surface area (Å²) in [5.41, 5.74) is 0. The molecule has 0 aliphatic carbocycles. The largest absolute Gasteiger partial charge is 0.243 e. The van der Waals surface area contributed by atoms with Crippen LogP contribution in [0.2, 0.25) is 0 Å². The van der Waals surface area contributed by atoms with Gasteiger partial charge in [-0.05, 0) is 25.1 Å². The lowest BCUT2D eigenvalue weighted by Gasteiger charge is -2.09. The molecule has 0 spiro atoms. The molecule has 0 bridgehead atoms. The van der Waals surface area contributed by atoms with Gasteiger partial charge in [0.25, 0.3) is 0 Å². The van der Waals surface area contributed by atoms with Crippen LogP contribution < -0.4 is 9.44 Å². The zero-order valence-corrected chi connectivity index (χ0v) is 13.8. The third-order valence-electron chi connectivity index (χ3n) is 2.30. The fourth-order valence-corrected chi connectivity index (χ4v) is 3.52. The molecule has 0 aromatic heterocycles. The zero-order chi connectivity index (χ0) is 15.4. The lowest BCUT2D eigenvalue weighted by molar-refractivity contribution is 0.553. The molecular weight excluding hydrogens is 375 g/mol. The second-order valence-electron chi connectivity index (χ2n) is 3.77. The summed E-state index contributed by atoms with van der Waals surface area (Å²) < 4.78 is 64.2. The van der Waals surface area contributed by atoms with Crippen LogP contribution in [0.3, 0.4) is 0 Å². The molecule has 0 atom stereocenters. The summed E-state index contributed by atoms with van der Waals surface area (Å²) in [6.45, 7) is 1.18. The van der Waals surface area contributed by atoms with E-state index in [-0.39, 0.29) is 18.8 Å². The molecule has 6 nitrogen and oxygen atoms in total. The van der Waals surface area contributed by atoms with Gasteiger partial charge in [-0.25, -0.2) is 30.7 Å². The lowest BCUT2D eigenvalue weighted by atomic mass is 10.3. The third-order valence-corrected chi connectivity index (χ3v) is 5.68. The minimum Gasteiger partial charge on any atom is -0.214 e. The second kappa shape index (κ2) is 6.94. The molecule has 0 heterocycles. The molecule has 1 rings (SSSR count). The van der Waals surface area contributed by atoms with E-state index in [0.29, 0.717) is 4.47 Å². The van der Waals surface area contributed by atoms with Crippen LogP contribution in [0.15, 0.2) is 27.6 Å². The Hall–Kier alpha value is -0.550. The summed E-state index contributed by atoms with van der Waals surface area (Å²) in [7, 11) is -7.41. The van der Waals surface area contributed by atoms with Crippen molar-refractivity contribution < 1.29 is 21.2 Å². The number of sulfonamides is 2. The van der Waals surface area contributed by atoms with E-state index < -0.39 is 30.8 Å². The highest BCUT2D eigenvalue weighted by Gasteiger charge is 2.19. The normalized spacial score (nSPS) is 12.6. The molecule has 0 saturated carbocycles. The van der Waals surface area contributed by atoms with Crippen molar-refractivity contribution in [1.82, 2.24) is 9.44 Å². The van der Waals surface area contributed by atoms with Gasteiger partial charge in [0.05, 0.1) is 5.75 Å². The number of halogens is 2. The number of nitrogens with one attached hydrogen (secondary N) is 2. The molecule has 0 radical (unpaired) electrons.